The fraction of sp³-hybridized carbons (Fsp3) is 0.111. The number of rotatable bonds is 7. The summed E-state index contributed by atoms with van der Waals surface area (Å²) in [6.45, 7) is 5.82. The lowest BCUT2D eigenvalue weighted by molar-refractivity contribution is -0.393. The van der Waals surface area contributed by atoms with Gasteiger partial charge in [-0.25, -0.2) is 0 Å². The molecule has 0 aliphatic rings. The number of benzene rings is 2. The van der Waals surface area contributed by atoms with E-state index < -0.39 is 9.85 Å². The lowest BCUT2D eigenvalue weighted by atomic mass is 10.0. The maximum atomic E-state index is 11.2. The van der Waals surface area contributed by atoms with Gasteiger partial charge in [-0.15, -0.1) is 0 Å². The fourth-order valence-corrected chi connectivity index (χ4v) is 2.33. The molecule has 0 unspecified atom stereocenters. The summed E-state index contributed by atoms with van der Waals surface area (Å²) in [5, 5.41) is 24.9. The van der Waals surface area contributed by atoms with Gasteiger partial charge in [0.15, 0.2) is 0 Å². The van der Waals surface area contributed by atoms with Gasteiger partial charge in [0.1, 0.15) is 5.69 Å². The molecule has 2 aromatic rings. The highest BCUT2D eigenvalue weighted by Crippen LogP contribution is 2.31. The van der Waals surface area contributed by atoms with Gasteiger partial charge in [0.05, 0.1) is 15.9 Å². The second-order valence-electron chi connectivity index (χ2n) is 5.19. The number of allylic oxidation sites excluding steroid dienone is 3. The zero-order valence-electron chi connectivity index (χ0n) is 13.6. The molecule has 0 atom stereocenters. The van der Waals surface area contributed by atoms with Crippen molar-refractivity contribution in [2.24, 2.45) is 0 Å². The molecule has 0 aliphatic heterocycles. The van der Waals surface area contributed by atoms with Gasteiger partial charge >= 0.3 is 0 Å². The highest BCUT2D eigenvalue weighted by atomic mass is 16.6. The number of hydrogen-bond acceptors (Lipinski definition) is 5. The lowest BCUT2D eigenvalue weighted by Gasteiger charge is -2.09. The second-order valence-corrected chi connectivity index (χ2v) is 5.19. The second kappa shape index (κ2) is 7.87. The van der Waals surface area contributed by atoms with E-state index in [1.165, 1.54) is 12.1 Å². The first-order valence-electron chi connectivity index (χ1n) is 7.59. The van der Waals surface area contributed by atoms with Crippen molar-refractivity contribution in [1.82, 2.24) is 0 Å². The first-order chi connectivity index (χ1) is 12.0. The van der Waals surface area contributed by atoms with Gasteiger partial charge in [-0.3, -0.25) is 20.2 Å². The Morgan fingerprint density at radius 2 is 1.80 bits per heavy atom. The van der Waals surface area contributed by atoms with Crippen LogP contribution in [-0.4, -0.2) is 9.85 Å². The summed E-state index contributed by atoms with van der Waals surface area (Å²) in [6.07, 6.45) is 4.71. The van der Waals surface area contributed by atoms with Crippen LogP contribution in [0.5, 0.6) is 0 Å². The summed E-state index contributed by atoms with van der Waals surface area (Å²) in [5.74, 6) is 0. The fourth-order valence-electron chi connectivity index (χ4n) is 2.33. The van der Waals surface area contributed by atoms with Crippen molar-refractivity contribution in [3.8, 4) is 0 Å². The van der Waals surface area contributed by atoms with Crippen LogP contribution in [0.3, 0.4) is 0 Å². The Morgan fingerprint density at radius 1 is 1.12 bits per heavy atom. The van der Waals surface area contributed by atoms with Gasteiger partial charge in [-0.05, 0) is 35.8 Å². The van der Waals surface area contributed by atoms with Crippen LogP contribution in [0.1, 0.15) is 18.9 Å². The Morgan fingerprint density at radius 3 is 2.32 bits per heavy atom. The Bertz CT molecular complexity index is 842. The van der Waals surface area contributed by atoms with Gasteiger partial charge in [0, 0.05) is 11.8 Å². The molecular formula is C18H17N3O4. The maximum Gasteiger partial charge on any atom is 0.299 e. The Hall–Kier alpha value is -3.48. The molecule has 2 rings (SSSR count). The standard InChI is InChI=1S/C18H17N3O4/c1-3-5-13(4-2)14-6-8-15(9-7-14)19-17-11-10-16(20(22)23)12-18(17)21(24)25/h4-12,19H,2-3H2,1H3/b13-5+. The Kier molecular flexibility index (Phi) is 5.62. The van der Waals surface area contributed by atoms with E-state index in [1.54, 1.807) is 18.2 Å². The van der Waals surface area contributed by atoms with Crippen LogP contribution in [-0.2, 0) is 0 Å². The third-order valence-electron chi connectivity index (χ3n) is 3.53. The third-order valence-corrected chi connectivity index (χ3v) is 3.53. The van der Waals surface area contributed by atoms with E-state index in [0.717, 1.165) is 23.6 Å². The van der Waals surface area contributed by atoms with E-state index in [2.05, 4.69) is 18.0 Å². The van der Waals surface area contributed by atoms with Crippen molar-refractivity contribution in [2.75, 3.05) is 5.32 Å². The molecule has 0 radical (unpaired) electrons. The van der Waals surface area contributed by atoms with Gasteiger partial charge < -0.3 is 5.32 Å². The summed E-state index contributed by atoms with van der Waals surface area (Å²) >= 11 is 0. The van der Waals surface area contributed by atoms with E-state index in [4.69, 9.17) is 0 Å². The molecule has 128 valence electrons. The molecule has 25 heavy (non-hydrogen) atoms. The number of nitro benzene ring substituents is 2. The topological polar surface area (TPSA) is 98.3 Å². The number of nitrogens with zero attached hydrogens (tertiary/aromatic N) is 2. The van der Waals surface area contributed by atoms with Gasteiger partial charge in [0.2, 0.25) is 0 Å². The monoisotopic (exact) mass is 339 g/mol. The molecule has 0 saturated carbocycles. The smallest absolute Gasteiger partial charge is 0.299 e. The molecule has 0 aliphatic carbocycles. The zero-order valence-corrected chi connectivity index (χ0v) is 13.6. The van der Waals surface area contributed by atoms with Crippen LogP contribution in [0.2, 0.25) is 0 Å². The SMILES string of the molecule is C=C/C(=C\CC)c1ccc(Nc2ccc([N+](=O)[O-])cc2[N+](=O)[O-])cc1. The summed E-state index contributed by atoms with van der Waals surface area (Å²) < 4.78 is 0. The number of hydrogen-bond donors (Lipinski definition) is 1. The first kappa shape index (κ1) is 17.9. The van der Waals surface area contributed by atoms with Gasteiger partial charge in [0.25, 0.3) is 11.4 Å². The van der Waals surface area contributed by atoms with Crippen LogP contribution in [0.15, 0.2) is 61.2 Å². The molecular weight excluding hydrogens is 322 g/mol. The Labute approximate surface area is 144 Å². The Balaban J connectivity index is 2.31. The summed E-state index contributed by atoms with van der Waals surface area (Å²) in [7, 11) is 0. The molecule has 7 nitrogen and oxygen atoms in total. The van der Waals surface area contributed by atoms with E-state index in [0.29, 0.717) is 5.69 Å². The number of nitrogens with one attached hydrogen (secondary N) is 1. The number of nitro groups is 2. The quantitative estimate of drug-likeness (QED) is 0.423. The van der Waals surface area contributed by atoms with Crippen molar-refractivity contribution in [3.63, 3.8) is 0 Å². The van der Waals surface area contributed by atoms with E-state index in [9.17, 15) is 20.2 Å². The van der Waals surface area contributed by atoms with Crippen molar-refractivity contribution in [3.05, 3.63) is 87.0 Å². The molecule has 0 bridgehead atoms. The molecule has 0 amide bonds. The summed E-state index contributed by atoms with van der Waals surface area (Å²) in [4.78, 5) is 20.6. The maximum absolute atomic E-state index is 11.2. The average Bonchev–Trinajstić information content (AvgIpc) is 2.60. The van der Waals surface area contributed by atoms with E-state index in [-0.39, 0.29) is 17.1 Å². The zero-order chi connectivity index (χ0) is 18.4. The molecule has 1 N–H and O–H groups in total. The minimum atomic E-state index is -0.664. The highest BCUT2D eigenvalue weighted by Gasteiger charge is 2.19. The van der Waals surface area contributed by atoms with Crippen LogP contribution >= 0.6 is 0 Å². The van der Waals surface area contributed by atoms with Crippen LogP contribution < -0.4 is 5.32 Å². The summed E-state index contributed by atoms with van der Waals surface area (Å²) in [5.41, 5.74) is 2.15. The molecule has 0 fully saturated rings. The van der Waals surface area contributed by atoms with Crippen LogP contribution in [0.25, 0.3) is 5.57 Å². The highest BCUT2D eigenvalue weighted by molar-refractivity contribution is 5.76. The van der Waals surface area contributed by atoms with Crippen LogP contribution in [0, 0.1) is 20.2 Å². The number of non-ortho nitro benzene ring substituents is 1. The minimum absolute atomic E-state index is 0.191. The molecule has 0 spiro atoms. The molecule has 7 heteroatoms. The normalized spacial score (nSPS) is 11.0. The molecule has 2 aromatic carbocycles. The van der Waals surface area contributed by atoms with Gasteiger partial charge in [-0.2, -0.15) is 0 Å². The van der Waals surface area contributed by atoms with Crippen molar-refractivity contribution in [1.29, 1.82) is 0 Å². The van der Waals surface area contributed by atoms with Crippen molar-refractivity contribution >= 4 is 28.3 Å². The molecule has 0 saturated heterocycles. The molecule has 0 heterocycles. The number of anilines is 2. The van der Waals surface area contributed by atoms with E-state index >= 15 is 0 Å². The molecule has 0 aromatic heterocycles. The summed E-state index contributed by atoms with van der Waals surface area (Å²) in [6, 6.07) is 10.8. The minimum Gasteiger partial charge on any atom is -0.350 e. The third kappa shape index (κ3) is 4.29. The largest absolute Gasteiger partial charge is 0.350 e. The predicted molar refractivity (Wildman–Crippen MR) is 97.9 cm³/mol. The lowest BCUT2D eigenvalue weighted by Crippen LogP contribution is -1.99. The first-order valence-corrected chi connectivity index (χ1v) is 7.59. The predicted octanol–water partition coefficient (Wildman–Crippen LogP) is 5.23. The van der Waals surface area contributed by atoms with Gasteiger partial charge in [-0.1, -0.05) is 37.8 Å². The van der Waals surface area contributed by atoms with Crippen molar-refractivity contribution < 1.29 is 9.85 Å². The van der Waals surface area contributed by atoms with Crippen molar-refractivity contribution in [2.45, 2.75) is 13.3 Å². The van der Waals surface area contributed by atoms with E-state index in [1.807, 2.05) is 19.1 Å². The average molecular weight is 339 g/mol. The van der Waals surface area contributed by atoms with Crippen LogP contribution in [0.4, 0.5) is 22.7 Å².